The lowest BCUT2D eigenvalue weighted by molar-refractivity contribution is 0.570. The van der Waals surface area contributed by atoms with Gasteiger partial charge in [0, 0.05) is 0 Å². The summed E-state index contributed by atoms with van der Waals surface area (Å²) in [5, 5.41) is 0. The van der Waals surface area contributed by atoms with Crippen molar-refractivity contribution in [3.05, 3.63) is 77.9 Å². The van der Waals surface area contributed by atoms with Crippen molar-refractivity contribution in [1.29, 1.82) is 0 Å². The number of sulfonamides is 1. The largest absolute Gasteiger partial charge is 0.241 e. The van der Waals surface area contributed by atoms with E-state index in [1.807, 2.05) is 50.3 Å². The minimum Gasteiger partial charge on any atom is -0.207 e. The van der Waals surface area contributed by atoms with Crippen LogP contribution in [0.15, 0.2) is 77.2 Å². The van der Waals surface area contributed by atoms with E-state index < -0.39 is 10.0 Å². The third kappa shape index (κ3) is 3.80. The number of nitrogens with one attached hydrogen (secondary N) is 1. The first-order chi connectivity index (χ1) is 10.0. The van der Waals surface area contributed by atoms with Crippen LogP contribution in [-0.2, 0) is 10.0 Å². The molecule has 3 nitrogen and oxygen atoms in total. The number of benzene rings is 2. The van der Waals surface area contributed by atoms with Gasteiger partial charge in [0.2, 0.25) is 10.0 Å². The second-order valence-electron chi connectivity index (χ2n) is 4.81. The fourth-order valence-electron chi connectivity index (χ4n) is 2.06. The monoisotopic (exact) mass is 301 g/mol. The van der Waals surface area contributed by atoms with Crippen molar-refractivity contribution in [3.8, 4) is 0 Å². The molecule has 1 unspecified atom stereocenters. The van der Waals surface area contributed by atoms with E-state index in [9.17, 15) is 8.42 Å². The maximum atomic E-state index is 12.5. The van der Waals surface area contributed by atoms with Crippen molar-refractivity contribution in [2.45, 2.75) is 24.8 Å². The summed E-state index contributed by atoms with van der Waals surface area (Å²) in [6.45, 7) is 3.83. The molecule has 0 heterocycles. The smallest absolute Gasteiger partial charge is 0.207 e. The van der Waals surface area contributed by atoms with Gasteiger partial charge in [0.15, 0.2) is 0 Å². The molecule has 1 atom stereocenters. The Hall–Kier alpha value is -1.91. The summed E-state index contributed by atoms with van der Waals surface area (Å²) in [7, 11) is -3.55. The Labute approximate surface area is 126 Å². The Morgan fingerprint density at radius 3 is 2.05 bits per heavy atom. The minimum absolute atomic E-state index is 0.273. The first-order valence-corrected chi connectivity index (χ1v) is 8.28. The first kappa shape index (κ1) is 15.5. The van der Waals surface area contributed by atoms with Gasteiger partial charge in [0.05, 0.1) is 10.9 Å². The van der Waals surface area contributed by atoms with Crippen molar-refractivity contribution in [3.63, 3.8) is 0 Å². The predicted octanol–water partition coefficient (Wildman–Crippen LogP) is 3.67. The summed E-state index contributed by atoms with van der Waals surface area (Å²) in [5.41, 5.74) is 1.88. The normalized spacial score (nSPS) is 13.9. The molecule has 0 aliphatic heterocycles. The highest BCUT2D eigenvalue weighted by Crippen LogP contribution is 2.23. The molecule has 0 radical (unpaired) electrons. The van der Waals surface area contributed by atoms with Gasteiger partial charge in [-0.3, -0.25) is 0 Å². The van der Waals surface area contributed by atoms with E-state index in [-0.39, 0.29) is 10.9 Å². The van der Waals surface area contributed by atoms with Gasteiger partial charge >= 0.3 is 0 Å². The maximum Gasteiger partial charge on any atom is 0.241 e. The Balaban J connectivity index is 2.37. The van der Waals surface area contributed by atoms with Crippen LogP contribution in [-0.4, -0.2) is 8.42 Å². The van der Waals surface area contributed by atoms with E-state index in [0.29, 0.717) is 0 Å². The minimum atomic E-state index is -3.55. The zero-order valence-corrected chi connectivity index (χ0v) is 13.0. The van der Waals surface area contributed by atoms with Gasteiger partial charge in [-0.15, -0.1) is 0 Å². The van der Waals surface area contributed by atoms with Crippen LogP contribution in [0.4, 0.5) is 0 Å². The molecule has 0 saturated heterocycles. The van der Waals surface area contributed by atoms with Crippen LogP contribution < -0.4 is 4.72 Å². The zero-order valence-electron chi connectivity index (χ0n) is 12.2. The fourth-order valence-corrected chi connectivity index (χ4v) is 3.34. The van der Waals surface area contributed by atoms with Gasteiger partial charge in [0.1, 0.15) is 0 Å². The molecule has 0 aliphatic carbocycles. The third-order valence-corrected chi connectivity index (χ3v) is 4.81. The highest BCUT2D eigenvalue weighted by Gasteiger charge is 2.21. The van der Waals surface area contributed by atoms with Gasteiger partial charge in [-0.2, -0.15) is 4.72 Å². The van der Waals surface area contributed by atoms with Crippen LogP contribution in [0, 0.1) is 0 Å². The fraction of sp³-hybridized carbons (Fsp3) is 0.176. The lowest BCUT2D eigenvalue weighted by Crippen LogP contribution is -2.29. The summed E-state index contributed by atoms with van der Waals surface area (Å²) < 4.78 is 27.8. The molecule has 2 aromatic carbocycles. The molecule has 0 aromatic heterocycles. The van der Waals surface area contributed by atoms with E-state index in [2.05, 4.69) is 4.72 Å². The zero-order chi connectivity index (χ0) is 15.3. The van der Waals surface area contributed by atoms with Crippen LogP contribution >= 0.6 is 0 Å². The number of rotatable bonds is 5. The standard InChI is InChI=1S/C17H19NO2S/c1-3-14(2)17(15-10-6-4-7-11-15)18-21(19,20)16-12-8-5-9-13-16/h3-13,17-18H,1-2H3. The van der Waals surface area contributed by atoms with Crippen LogP contribution in [0.5, 0.6) is 0 Å². The highest BCUT2D eigenvalue weighted by molar-refractivity contribution is 7.89. The van der Waals surface area contributed by atoms with E-state index in [1.54, 1.807) is 30.3 Å². The Bertz CT molecular complexity index is 707. The van der Waals surface area contributed by atoms with Gasteiger partial charge in [-0.1, -0.05) is 60.2 Å². The molecule has 1 N–H and O–H groups in total. The number of hydrogen-bond donors (Lipinski definition) is 1. The Morgan fingerprint density at radius 2 is 1.52 bits per heavy atom. The summed E-state index contributed by atoms with van der Waals surface area (Å²) in [6.07, 6.45) is 1.92. The molecule has 0 aliphatic rings. The summed E-state index contributed by atoms with van der Waals surface area (Å²) in [5.74, 6) is 0. The molecule has 0 spiro atoms. The third-order valence-electron chi connectivity index (χ3n) is 3.37. The molecule has 0 saturated carbocycles. The van der Waals surface area contributed by atoms with E-state index in [1.165, 1.54) is 0 Å². The molecule has 110 valence electrons. The van der Waals surface area contributed by atoms with E-state index in [0.717, 1.165) is 11.1 Å². The predicted molar refractivity (Wildman–Crippen MR) is 85.4 cm³/mol. The molecular formula is C17H19NO2S. The van der Waals surface area contributed by atoms with E-state index >= 15 is 0 Å². The topological polar surface area (TPSA) is 46.2 Å². The first-order valence-electron chi connectivity index (χ1n) is 6.79. The maximum absolute atomic E-state index is 12.5. The average molecular weight is 301 g/mol. The molecule has 4 heteroatoms. The van der Waals surface area contributed by atoms with Crippen molar-refractivity contribution in [2.75, 3.05) is 0 Å². The molecule has 2 rings (SSSR count). The van der Waals surface area contributed by atoms with Gasteiger partial charge in [0.25, 0.3) is 0 Å². The lowest BCUT2D eigenvalue weighted by Gasteiger charge is -2.20. The van der Waals surface area contributed by atoms with Crippen LogP contribution in [0.1, 0.15) is 25.5 Å². The molecule has 0 bridgehead atoms. The quantitative estimate of drug-likeness (QED) is 0.856. The van der Waals surface area contributed by atoms with Gasteiger partial charge < -0.3 is 0 Å². The second-order valence-corrected chi connectivity index (χ2v) is 6.52. The van der Waals surface area contributed by atoms with Crippen molar-refractivity contribution < 1.29 is 8.42 Å². The molecule has 2 aromatic rings. The summed E-state index contributed by atoms with van der Waals surface area (Å²) in [4.78, 5) is 0.273. The van der Waals surface area contributed by atoms with Gasteiger partial charge in [-0.05, 0) is 31.5 Å². The average Bonchev–Trinajstić information content (AvgIpc) is 2.53. The second kappa shape index (κ2) is 6.70. The Morgan fingerprint density at radius 1 is 1.00 bits per heavy atom. The van der Waals surface area contributed by atoms with E-state index in [4.69, 9.17) is 0 Å². The molecule has 21 heavy (non-hydrogen) atoms. The van der Waals surface area contributed by atoms with Crippen LogP contribution in [0.25, 0.3) is 0 Å². The highest BCUT2D eigenvalue weighted by atomic mass is 32.2. The lowest BCUT2D eigenvalue weighted by atomic mass is 10.0. The molecule has 0 amide bonds. The summed E-state index contributed by atoms with van der Waals surface area (Å²) >= 11 is 0. The molecule has 0 fully saturated rings. The Kier molecular flexibility index (Phi) is 4.94. The number of allylic oxidation sites excluding steroid dienone is 1. The SMILES string of the molecule is CC=C(C)C(NS(=O)(=O)c1ccccc1)c1ccccc1. The van der Waals surface area contributed by atoms with Crippen LogP contribution in [0.2, 0.25) is 0 Å². The van der Waals surface area contributed by atoms with Gasteiger partial charge in [-0.25, -0.2) is 8.42 Å². The molecular weight excluding hydrogens is 282 g/mol. The summed E-state index contributed by atoms with van der Waals surface area (Å²) in [6, 6.07) is 17.6. The van der Waals surface area contributed by atoms with Crippen molar-refractivity contribution >= 4 is 10.0 Å². The van der Waals surface area contributed by atoms with Crippen LogP contribution in [0.3, 0.4) is 0 Å². The number of hydrogen-bond acceptors (Lipinski definition) is 2. The van der Waals surface area contributed by atoms with Crippen molar-refractivity contribution in [1.82, 2.24) is 4.72 Å². The van der Waals surface area contributed by atoms with Crippen molar-refractivity contribution in [2.24, 2.45) is 0 Å².